The lowest BCUT2D eigenvalue weighted by molar-refractivity contribution is -0.121. The molecule has 0 unspecified atom stereocenters. The third-order valence-electron chi connectivity index (χ3n) is 3.53. The maximum atomic E-state index is 11.9. The van der Waals surface area contributed by atoms with Crippen LogP contribution in [0.25, 0.3) is 5.78 Å². The van der Waals surface area contributed by atoms with Gasteiger partial charge in [-0.3, -0.25) is 4.79 Å². The van der Waals surface area contributed by atoms with E-state index >= 15 is 0 Å². The van der Waals surface area contributed by atoms with E-state index < -0.39 is 0 Å². The largest absolute Gasteiger partial charge is 0.376 e. The fraction of sp³-hybridized carbons (Fsp3) is 0.571. The Labute approximate surface area is 122 Å². The average molecular weight is 289 g/mol. The zero-order valence-corrected chi connectivity index (χ0v) is 12.3. The molecule has 7 heteroatoms. The molecular weight excluding hydrogens is 270 g/mol. The number of carbonyl (C=O) groups excluding carboxylic acids is 1. The number of nitrogens with one attached hydrogen (secondary N) is 1. The minimum Gasteiger partial charge on any atom is -0.376 e. The van der Waals surface area contributed by atoms with Crippen LogP contribution in [0.2, 0.25) is 0 Å². The Balaban J connectivity index is 1.64. The highest BCUT2D eigenvalue weighted by atomic mass is 16.5. The zero-order valence-electron chi connectivity index (χ0n) is 12.3. The molecule has 0 aliphatic carbocycles. The highest BCUT2D eigenvalue weighted by Gasteiger charge is 2.17. The first-order chi connectivity index (χ1) is 10.1. The Morgan fingerprint density at radius 1 is 1.48 bits per heavy atom. The number of carbonyl (C=O) groups is 1. The highest BCUT2D eigenvalue weighted by Crippen LogP contribution is 2.10. The van der Waals surface area contributed by atoms with Crippen LogP contribution in [0.3, 0.4) is 0 Å². The highest BCUT2D eigenvalue weighted by molar-refractivity contribution is 5.77. The van der Waals surface area contributed by atoms with Gasteiger partial charge in [0.15, 0.2) is 5.82 Å². The molecule has 0 aromatic carbocycles. The van der Waals surface area contributed by atoms with Crippen molar-refractivity contribution in [3.05, 3.63) is 23.3 Å². The fourth-order valence-corrected chi connectivity index (χ4v) is 2.52. The molecular formula is C14H19N5O2. The minimum atomic E-state index is -0.0872. The molecule has 1 atom stereocenters. The van der Waals surface area contributed by atoms with Crippen LogP contribution in [0.4, 0.5) is 0 Å². The summed E-state index contributed by atoms with van der Waals surface area (Å²) >= 11 is 0. The smallest absolute Gasteiger partial charge is 0.252 e. The summed E-state index contributed by atoms with van der Waals surface area (Å²) in [7, 11) is 0. The normalized spacial score (nSPS) is 18.3. The molecule has 1 N–H and O–H groups in total. The van der Waals surface area contributed by atoms with Crippen LogP contribution in [0.1, 0.15) is 30.1 Å². The van der Waals surface area contributed by atoms with E-state index in [9.17, 15) is 4.79 Å². The molecule has 0 spiro atoms. The van der Waals surface area contributed by atoms with Crippen LogP contribution in [0.15, 0.2) is 6.07 Å². The third kappa shape index (κ3) is 3.18. The van der Waals surface area contributed by atoms with Gasteiger partial charge in [0.25, 0.3) is 5.78 Å². The summed E-state index contributed by atoms with van der Waals surface area (Å²) in [5, 5.41) is 7.19. The summed E-state index contributed by atoms with van der Waals surface area (Å²) in [5.41, 5.74) is 1.85. The van der Waals surface area contributed by atoms with Crippen LogP contribution in [0, 0.1) is 13.8 Å². The third-order valence-corrected chi connectivity index (χ3v) is 3.53. The van der Waals surface area contributed by atoms with E-state index in [-0.39, 0.29) is 18.4 Å². The van der Waals surface area contributed by atoms with E-state index in [0.717, 1.165) is 30.8 Å². The van der Waals surface area contributed by atoms with Gasteiger partial charge in [0.05, 0.1) is 12.5 Å². The van der Waals surface area contributed by atoms with Crippen LogP contribution >= 0.6 is 0 Å². The second kappa shape index (κ2) is 5.77. The number of ether oxygens (including phenoxy) is 1. The lowest BCUT2D eigenvalue weighted by atomic mass is 10.2. The van der Waals surface area contributed by atoms with Gasteiger partial charge in [-0.05, 0) is 32.8 Å². The predicted octanol–water partition coefficient (Wildman–Crippen LogP) is 0.579. The predicted molar refractivity (Wildman–Crippen MR) is 75.9 cm³/mol. The number of hydrogen-bond donors (Lipinski definition) is 1. The summed E-state index contributed by atoms with van der Waals surface area (Å²) in [5.74, 6) is 0.936. The summed E-state index contributed by atoms with van der Waals surface area (Å²) in [6, 6.07) is 1.93. The second-order valence-electron chi connectivity index (χ2n) is 5.39. The van der Waals surface area contributed by atoms with Gasteiger partial charge < -0.3 is 10.1 Å². The number of amides is 1. The molecule has 1 amide bonds. The molecule has 1 aliphatic heterocycles. The van der Waals surface area contributed by atoms with Gasteiger partial charge in [-0.2, -0.15) is 4.98 Å². The van der Waals surface area contributed by atoms with Crippen molar-refractivity contribution >= 4 is 11.7 Å². The Bertz CT molecular complexity index is 661. The summed E-state index contributed by atoms with van der Waals surface area (Å²) in [4.78, 5) is 20.5. The Kier molecular flexibility index (Phi) is 3.83. The standard InChI is InChI=1S/C14H19N5O2/c1-9-6-10(2)19-14(16-9)17-12(18-19)7-13(20)15-8-11-4-3-5-21-11/h6,11H,3-5,7-8H2,1-2H3,(H,15,20)/t11-/m0/s1. The van der Waals surface area contributed by atoms with Gasteiger partial charge in [0, 0.05) is 24.5 Å². The van der Waals surface area contributed by atoms with E-state index in [4.69, 9.17) is 4.74 Å². The molecule has 112 valence electrons. The molecule has 1 saturated heterocycles. The maximum Gasteiger partial charge on any atom is 0.252 e. The van der Waals surface area contributed by atoms with E-state index in [2.05, 4.69) is 20.4 Å². The molecule has 21 heavy (non-hydrogen) atoms. The van der Waals surface area contributed by atoms with Crippen molar-refractivity contribution < 1.29 is 9.53 Å². The molecule has 0 radical (unpaired) electrons. The van der Waals surface area contributed by atoms with Crippen molar-refractivity contribution in [1.29, 1.82) is 0 Å². The first-order valence-corrected chi connectivity index (χ1v) is 7.20. The lowest BCUT2D eigenvalue weighted by Gasteiger charge is -2.09. The van der Waals surface area contributed by atoms with Crippen LogP contribution in [-0.2, 0) is 16.0 Å². The SMILES string of the molecule is Cc1cc(C)n2nc(CC(=O)NC[C@@H]3CCCO3)nc2n1. The van der Waals surface area contributed by atoms with Crippen molar-refractivity contribution in [3.8, 4) is 0 Å². The van der Waals surface area contributed by atoms with Gasteiger partial charge in [0.1, 0.15) is 0 Å². The number of nitrogens with zero attached hydrogens (tertiary/aromatic N) is 4. The van der Waals surface area contributed by atoms with E-state index in [1.807, 2.05) is 19.9 Å². The van der Waals surface area contributed by atoms with Crippen LogP contribution in [-0.4, -0.2) is 44.7 Å². The van der Waals surface area contributed by atoms with Gasteiger partial charge in [0.2, 0.25) is 5.91 Å². The fourth-order valence-electron chi connectivity index (χ4n) is 2.52. The van der Waals surface area contributed by atoms with Gasteiger partial charge >= 0.3 is 0 Å². The molecule has 0 bridgehead atoms. The molecule has 0 saturated carbocycles. The minimum absolute atomic E-state index is 0.0872. The quantitative estimate of drug-likeness (QED) is 0.890. The van der Waals surface area contributed by atoms with Crippen LogP contribution < -0.4 is 5.32 Å². The Hall–Kier alpha value is -2.02. The van der Waals surface area contributed by atoms with Crippen molar-refractivity contribution in [3.63, 3.8) is 0 Å². The van der Waals surface area contributed by atoms with Crippen molar-refractivity contribution in [2.24, 2.45) is 0 Å². The maximum absolute atomic E-state index is 11.9. The zero-order chi connectivity index (χ0) is 14.8. The van der Waals surface area contributed by atoms with Gasteiger partial charge in [-0.1, -0.05) is 0 Å². The summed E-state index contributed by atoms with van der Waals surface area (Å²) < 4.78 is 7.13. The van der Waals surface area contributed by atoms with E-state index in [1.54, 1.807) is 4.52 Å². The van der Waals surface area contributed by atoms with Crippen molar-refractivity contribution in [1.82, 2.24) is 24.9 Å². The lowest BCUT2D eigenvalue weighted by Crippen LogP contribution is -2.33. The number of rotatable bonds is 4. The number of aryl methyl sites for hydroxylation is 2. The number of fused-ring (bicyclic) bond motifs is 1. The summed E-state index contributed by atoms with van der Waals surface area (Å²) in [6.07, 6.45) is 2.39. The van der Waals surface area contributed by atoms with Crippen molar-refractivity contribution in [2.45, 2.75) is 39.2 Å². The molecule has 2 aromatic rings. The Morgan fingerprint density at radius 2 is 2.33 bits per heavy atom. The molecule has 2 aromatic heterocycles. The second-order valence-corrected chi connectivity index (χ2v) is 5.39. The Morgan fingerprint density at radius 3 is 3.10 bits per heavy atom. The monoisotopic (exact) mass is 289 g/mol. The number of hydrogen-bond acceptors (Lipinski definition) is 5. The average Bonchev–Trinajstić information content (AvgIpc) is 3.05. The van der Waals surface area contributed by atoms with Crippen LogP contribution in [0.5, 0.6) is 0 Å². The van der Waals surface area contributed by atoms with E-state index in [1.165, 1.54) is 0 Å². The molecule has 1 aliphatic rings. The number of aromatic nitrogens is 4. The molecule has 3 heterocycles. The first-order valence-electron chi connectivity index (χ1n) is 7.20. The van der Waals surface area contributed by atoms with Gasteiger partial charge in [-0.15, -0.1) is 5.10 Å². The first kappa shape index (κ1) is 13.9. The molecule has 7 nitrogen and oxygen atoms in total. The summed E-state index contributed by atoms with van der Waals surface area (Å²) in [6.45, 7) is 5.20. The van der Waals surface area contributed by atoms with Crippen molar-refractivity contribution in [2.75, 3.05) is 13.2 Å². The van der Waals surface area contributed by atoms with Gasteiger partial charge in [-0.25, -0.2) is 9.50 Å². The topological polar surface area (TPSA) is 81.4 Å². The van der Waals surface area contributed by atoms with E-state index in [0.29, 0.717) is 18.1 Å². The molecule has 3 rings (SSSR count). The molecule has 1 fully saturated rings.